The largest absolute Gasteiger partial charge is 0.492 e. The van der Waals surface area contributed by atoms with Gasteiger partial charge in [-0.1, -0.05) is 0 Å². The van der Waals surface area contributed by atoms with Crippen molar-refractivity contribution in [3.8, 4) is 5.75 Å². The van der Waals surface area contributed by atoms with Crippen molar-refractivity contribution in [1.82, 2.24) is 0 Å². The van der Waals surface area contributed by atoms with Gasteiger partial charge in [0, 0.05) is 12.8 Å². The average molecular weight is 265 g/mol. The molecule has 0 atom stereocenters. The number of hydrogen-bond donors (Lipinski definition) is 1. The van der Waals surface area contributed by atoms with Crippen molar-refractivity contribution in [1.29, 1.82) is 0 Å². The number of carbonyl (C=O) groups is 1. The van der Waals surface area contributed by atoms with Crippen LogP contribution in [-0.2, 0) is 9.47 Å². The lowest BCUT2D eigenvalue weighted by atomic mass is 10.1. The molecule has 1 aromatic rings. The van der Waals surface area contributed by atoms with Crippen LogP contribution in [0.5, 0.6) is 5.75 Å². The van der Waals surface area contributed by atoms with Crippen molar-refractivity contribution in [2.24, 2.45) is 0 Å². The Labute approximate surface area is 112 Å². The number of anilines is 1. The summed E-state index contributed by atoms with van der Waals surface area (Å²) in [6, 6.07) is 4.95. The van der Waals surface area contributed by atoms with Gasteiger partial charge in [-0.25, -0.2) is 4.79 Å². The first-order chi connectivity index (χ1) is 9.20. The molecule has 1 fully saturated rings. The van der Waals surface area contributed by atoms with E-state index in [9.17, 15) is 4.79 Å². The molecular formula is C14H19NO4. The van der Waals surface area contributed by atoms with Gasteiger partial charge in [-0.05, 0) is 25.1 Å². The van der Waals surface area contributed by atoms with Gasteiger partial charge in [0.1, 0.15) is 11.9 Å². The second kappa shape index (κ2) is 6.43. The van der Waals surface area contributed by atoms with E-state index in [2.05, 4.69) is 0 Å². The van der Waals surface area contributed by atoms with Gasteiger partial charge in [0.15, 0.2) is 0 Å². The highest BCUT2D eigenvalue weighted by molar-refractivity contribution is 5.91. The highest BCUT2D eigenvalue weighted by Crippen LogP contribution is 2.23. The summed E-state index contributed by atoms with van der Waals surface area (Å²) >= 11 is 0. The molecule has 1 aliphatic rings. The quantitative estimate of drug-likeness (QED) is 0.666. The SMILES string of the molecule is CCOc1ccc(C(=O)OC2CCOCC2)cc1N. The van der Waals surface area contributed by atoms with E-state index in [1.165, 1.54) is 0 Å². The molecule has 1 saturated heterocycles. The van der Waals surface area contributed by atoms with Gasteiger partial charge in [0.2, 0.25) is 0 Å². The van der Waals surface area contributed by atoms with Crippen LogP contribution in [0.25, 0.3) is 0 Å². The maximum absolute atomic E-state index is 12.0. The lowest BCUT2D eigenvalue weighted by Crippen LogP contribution is -2.26. The molecule has 0 aliphatic carbocycles. The number of esters is 1. The molecule has 5 heteroatoms. The summed E-state index contributed by atoms with van der Waals surface area (Å²) in [5.41, 5.74) is 6.72. The second-order valence-electron chi connectivity index (χ2n) is 4.40. The molecule has 2 N–H and O–H groups in total. The van der Waals surface area contributed by atoms with Crippen molar-refractivity contribution < 1.29 is 19.0 Å². The maximum Gasteiger partial charge on any atom is 0.338 e. The molecule has 1 aliphatic heterocycles. The van der Waals surface area contributed by atoms with Gasteiger partial charge in [-0.3, -0.25) is 0 Å². The van der Waals surface area contributed by atoms with Crippen LogP contribution in [0.4, 0.5) is 5.69 Å². The second-order valence-corrected chi connectivity index (χ2v) is 4.40. The van der Waals surface area contributed by atoms with E-state index in [4.69, 9.17) is 19.9 Å². The number of hydrogen-bond acceptors (Lipinski definition) is 5. The van der Waals surface area contributed by atoms with Crippen molar-refractivity contribution >= 4 is 11.7 Å². The molecule has 104 valence electrons. The Balaban J connectivity index is 2.00. The lowest BCUT2D eigenvalue weighted by molar-refractivity contribution is -0.0159. The summed E-state index contributed by atoms with van der Waals surface area (Å²) in [6.07, 6.45) is 1.44. The Morgan fingerprint density at radius 2 is 2.16 bits per heavy atom. The van der Waals surface area contributed by atoms with Gasteiger partial charge >= 0.3 is 5.97 Å². The predicted octanol–water partition coefficient (Wildman–Crippen LogP) is 2.00. The summed E-state index contributed by atoms with van der Waals surface area (Å²) in [7, 11) is 0. The van der Waals surface area contributed by atoms with E-state index < -0.39 is 0 Å². The topological polar surface area (TPSA) is 70.8 Å². The van der Waals surface area contributed by atoms with E-state index in [1.54, 1.807) is 18.2 Å². The Morgan fingerprint density at radius 3 is 2.79 bits per heavy atom. The van der Waals surface area contributed by atoms with Crippen molar-refractivity contribution in [2.45, 2.75) is 25.9 Å². The number of nitrogen functional groups attached to an aromatic ring is 1. The third-order valence-electron chi connectivity index (χ3n) is 2.99. The molecule has 0 amide bonds. The third kappa shape index (κ3) is 3.61. The van der Waals surface area contributed by atoms with Crippen LogP contribution in [0.2, 0.25) is 0 Å². The van der Waals surface area contributed by atoms with Crippen LogP contribution in [0.15, 0.2) is 18.2 Å². The van der Waals surface area contributed by atoms with E-state index in [0.717, 1.165) is 12.8 Å². The van der Waals surface area contributed by atoms with E-state index >= 15 is 0 Å². The van der Waals surface area contributed by atoms with Gasteiger partial charge < -0.3 is 19.9 Å². The Bertz CT molecular complexity index is 441. The first-order valence-electron chi connectivity index (χ1n) is 6.51. The summed E-state index contributed by atoms with van der Waals surface area (Å²) in [4.78, 5) is 12.0. The zero-order valence-electron chi connectivity index (χ0n) is 11.1. The smallest absolute Gasteiger partial charge is 0.338 e. The van der Waals surface area contributed by atoms with Gasteiger partial charge in [-0.15, -0.1) is 0 Å². The number of carbonyl (C=O) groups excluding carboxylic acids is 1. The van der Waals surface area contributed by atoms with Crippen molar-refractivity contribution in [2.75, 3.05) is 25.6 Å². The fourth-order valence-electron chi connectivity index (χ4n) is 1.98. The summed E-state index contributed by atoms with van der Waals surface area (Å²) in [5, 5.41) is 0. The lowest BCUT2D eigenvalue weighted by Gasteiger charge is -2.22. The molecule has 1 aromatic carbocycles. The Morgan fingerprint density at radius 1 is 1.42 bits per heavy atom. The standard InChI is InChI=1S/C14H19NO4/c1-2-18-13-4-3-10(9-12(13)15)14(16)19-11-5-7-17-8-6-11/h3-4,9,11H,2,5-8,15H2,1H3. The summed E-state index contributed by atoms with van der Waals surface area (Å²) in [5.74, 6) is 0.242. The molecule has 0 spiro atoms. The minimum atomic E-state index is -0.346. The molecule has 2 rings (SSSR count). The molecule has 0 aromatic heterocycles. The van der Waals surface area contributed by atoms with Gasteiger partial charge in [0.05, 0.1) is 31.1 Å². The summed E-state index contributed by atoms with van der Waals surface area (Å²) < 4.78 is 16.0. The predicted molar refractivity (Wildman–Crippen MR) is 71.3 cm³/mol. The number of rotatable bonds is 4. The van der Waals surface area contributed by atoms with E-state index in [0.29, 0.717) is 36.8 Å². The zero-order valence-corrected chi connectivity index (χ0v) is 11.1. The molecule has 5 nitrogen and oxygen atoms in total. The maximum atomic E-state index is 12.0. The molecular weight excluding hydrogens is 246 g/mol. The normalized spacial score (nSPS) is 16.1. The van der Waals surface area contributed by atoms with Crippen LogP contribution in [0.1, 0.15) is 30.1 Å². The first kappa shape index (κ1) is 13.7. The molecule has 0 saturated carbocycles. The molecule has 0 bridgehead atoms. The van der Waals surface area contributed by atoms with Crippen LogP contribution in [0, 0.1) is 0 Å². The van der Waals surface area contributed by atoms with Crippen LogP contribution in [-0.4, -0.2) is 31.9 Å². The molecule has 0 unspecified atom stereocenters. The number of benzene rings is 1. The highest BCUT2D eigenvalue weighted by atomic mass is 16.6. The van der Waals surface area contributed by atoms with E-state index in [1.807, 2.05) is 6.92 Å². The zero-order chi connectivity index (χ0) is 13.7. The number of ether oxygens (including phenoxy) is 3. The first-order valence-corrected chi connectivity index (χ1v) is 6.51. The molecule has 0 radical (unpaired) electrons. The Kier molecular flexibility index (Phi) is 4.63. The van der Waals surface area contributed by atoms with Crippen LogP contribution in [0.3, 0.4) is 0 Å². The number of nitrogens with two attached hydrogens (primary N) is 1. The molecule has 19 heavy (non-hydrogen) atoms. The minimum absolute atomic E-state index is 0.0611. The van der Waals surface area contributed by atoms with Crippen molar-refractivity contribution in [3.63, 3.8) is 0 Å². The van der Waals surface area contributed by atoms with Gasteiger partial charge in [-0.2, -0.15) is 0 Å². The summed E-state index contributed by atoms with van der Waals surface area (Å²) in [6.45, 7) is 3.70. The van der Waals surface area contributed by atoms with Crippen LogP contribution < -0.4 is 10.5 Å². The monoisotopic (exact) mass is 265 g/mol. The molecule has 1 heterocycles. The van der Waals surface area contributed by atoms with E-state index in [-0.39, 0.29) is 12.1 Å². The van der Waals surface area contributed by atoms with Crippen LogP contribution >= 0.6 is 0 Å². The average Bonchev–Trinajstić information content (AvgIpc) is 2.42. The Hall–Kier alpha value is -1.75. The van der Waals surface area contributed by atoms with Crippen molar-refractivity contribution in [3.05, 3.63) is 23.8 Å². The fourth-order valence-corrected chi connectivity index (χ4v) is 1.98. The minimum Gasteiger partial charge on any atom is -0.492 e. The highest BCUT2D eigenvalue weighted by Gasteiger charge is 2.19. The third-order valence-corrected chi connectivity index (χ3v) is 2.99. The fraction of sp³-hybridized carbons (Fsp3) is 0.500. The van der Waals surface area contributed by atoms with Gasteiger partial charge in [0.25, 0.3) is 0 Å².